The third-order valence-corrected chi connectivity index (χ3v) is 8.85. The van der Waals surface area contributed by atoms with Crippen LogP contribution in [-0.4, -0.2) is 68.0 Å². The first kappa shape index (κ1) is 43.4. The number of rotatable bonds is 28. The van der Waals surface area contributed by atoms with Gasteiger partial charge in [-0.1, -0.05) is 76.3 Å². The van der Waals surface area contributed by atoms with E-state index < -0.39 is 12.1 Å². The Bertz CT molecular complexity index is 907. The summed E-state index contributed by atoms with van der Waals surface area (Å²) in [5.74, 6) is -0.578. The van der Waals surface area contributed by atoms with E-state index in [-0.39, 0.29) is 37.9 Å². The summed E-state index contributed by atoms with van der Waals surface area (Å²) in [6.45, 7) is 14.2. The first-order valence-electron chi connectivity index (χ1n) is 19.0. The molecule has 1 aliphatic heterocycles. The maximum Gasteiger partial charge on any atom is 0.508 e. The van der Waals surface area contributed by atoms with Crippen molar-refractivity contribution in [2.24, 2.45) is 11.8 Å². The highest BCUT2D eigenvalue weighted by Crippen LogP contribution is 2.17. The molecule has 0 aromatic carbocycles. The number of allylic oxidation sites excluding steroid dienone is 5. The highest BCUT2D eigenvalue weighted by atomic mass is 16.7. The van der Waals surface area contributed by atoms with Crippen LogP contribution < -0.4 is 0 Å². The molecule has 8 nitrogen and oxygen atoms in total. The first-order chi connectivity index (χ1) is 23.2. The summed E-state index contributed by atoms with van der Waals surface area (Å²) in [5.41, 5.74) is 0. The number of nitrogens with zero attached hydrogens (tertiary/aromatic N) is 1. The second kappa shape index (κ2) is 29.3. The van der Waals surface area contributed by atoms with Crippen molar-refractivity contribution >= 4 is 18.1 Å². The van der Waals surface area contributed by atoms with Crippen molar-refractivity contribution < 1.29 is 33.3 Å². The minimum atomic E-state index is -0.734. The van der Waals surface area contributed by atoms with Crippen molar-refractivity contribution in [3.05, 3.63) is 37.0 Å². The summed E-state index contributed by atoms with van der Waals surface area (Å²) in [6, 6.07) is 0.467. The summed E-state index contributed by atoms with van der Waals surface area (Å²) < 4.78 is 21.9. The molecular formula is C40H69NO7. The van der Waals surface area contributed by atoms with Crippen LogP contribution in [0.25, 0.3) is 0 Å². The third-order valence-electron chi connectivity index (χ3n) is 8.85. The van der Waals surface area contributed by atoms with Gasteiger partial charge in [0, 0.05) is 32.0 Å². The van der Waals surface area contributed by atoms with Crippen molar-refractivity contribution in [2.75, 3.05) is 32.9 Å². The molecule has 8 heteroatoms. The Labute approximate surface area is 293 Å². The predicted octanol–water partition coefficient (Wildman–Crippen LogP) is 9.91. The van der Waals surface area contributed by atoms with Gasteiger partial charge in [0.05, 0.1) is 5.92 Å². The Kier molecular flexibility index (Phi) is 26.5. The van der Waals surface area contributed by atoms with E-state index in [1.807, 2.05) is 6.08 Å². The van der Waals surface area contributed by atoms with Gasteiger partial charge in [0.15, 0.2) is 0 Å². The smallest absolute Gasteiger partial charge is 0.465 e. The number of hydrogen-bond acceptors (Lipinski definition) is 8. The number of carbonyl (C=O) groups is 3. The van der Waals surface area contributed by atoms with Crippen molar-refractivity contribution in [1.82, 2.24) is 4.90 Å². The molecule has 0 N–H and O–H groups in total. The molecule has 276 valence electrons. The van der Waals surface area contributed by atoms with E-state index >= 15 is 0 Å². The Morgan fingerprint density at radius 2 is 1.31 bits per heavy atom. The van der Waals surface area contributed by atoms with Crippen LogP contribution in [0.3, 0.4) is 0 Å². The van der Waals surface area contributed by atoms with Gasteiger partial charge in [-0.15, -0.1) is 6.58 Å². The van der Waals surface area contributed by atoms with Crippen LogP contribution in [-0.2, 0) is 28.5 Å². The van der Waals surface area contributed by atoms with Gasteiger partial charge in [-0.05, 0) is 90.4 Å². The van der Waals surface area contributed by atoms with Crippen molar-refractivity contribution in [2.45, 2.75) is 155 Å². The molecule has 2 atom stereocenters. The number of esters is 2. The van der Waals surface area contributed by atoms with Crippen LogP contribution in [0.5, 0.6) is 0 Å². The molecule has 1 heterocycles. The van der Waals surface area contributed by atoms with Gasteiger partial charge >= 0.3 is 18.1 Å². The van der Waals surface area contributed by atoms with Gasteiger partial charge in [-0.3, -0.25) is 9.59 Å². The molecule has 1 fully saturated rings. The fourth-order valence-corrected chi connectivity index (χ4v) is 5.65. The summed E-state index contributed by atoms with van der Waals surface area (Å²) in [5, 5.41) is 0. The molecule has 0 spiro atoms. The normalized spacial score (nSPS) is 15.5. The molecule has 1 aliphatic rings. The lowest BCUT2D eigenvalue weighted by Gasteiger charge is -2.33. The van der Waals surface area contributed by atoms with Gasteiger partial charge in [0.1, 0.15) is 25.9 Å². The average molecular weight is 676 g/mol. The zero-order valence-electron chi connectivity index (χ0n) is 31.0. The van der Waals surface area contributed by atoms with Gasteiger partial charge in [0.2, 0.25) is 0 Å². The minimum absolute atomic E-state index is 0.0120. The minimum Gasteiger partial charge on any atom is -0.465 e. The van der Waals surface area contributed by atoms with E-state index in [4.69, 9.17) is 18.9 Å². The largest absolute Gasteiger partial charge is 0.508 e. The fourth-order valence-electron chi connectivity index (χ4n) is 5.65. The second-order valence-electron chi connectivity index (χ2n) is 13.7. The lowest BCUT2D eigenvalue weighted by Crippen LogP contribution is -2.41. The summed E-state index contributed by atoms with van der Waals surface area (Å²) in [7, 11) is 0. The van der Waals surface area contributed by atoms with Crippen LogP contribution in [0.4, 0.5) is 4.79 Å². The van der Waals surface area contributed by atoms with Gasteiger partial charge < -0.3 is 23.8 Å². The average Bonchev–Trinajstić information content (AvgIpc) is 3.06. The zero-order valence-corrected chi connectivity index (χ0v) is 31.0. The predicted molar refractivity (Wildman–Crippen MR) is 195 cm³/mol. The number of unbranched alkanes of at least 4 members (excludes halogenated alkanes) is 8. The Balaban J connectivity index is 2.34. The Morgan fingerprint density at radius 1 is 0.750 bits per heavy atom. The Hall–Kier alpha value is -2.61. The van der Waals surface area contributed by atoms with Crippen LogP contribution in [0.2, 0.25) is 0 Å². The number of ether oxygens (including phenoxy) is 4. The summed E-state index contributed by atoms with van der Waals surface area (Å²) >= 11 is 0. The maximum absolute atomic E-state index is 12.5. The molecule has 0 saturated carbocycles. The number of hydrogen-bond donors (Lipinski definition) is 0. The highest BCUT2D eigenvalue weighted by Gasteiger charge is 2.25. The number of likely N-dealkylation sites (tertiary alicyclic amines) is 1. The molecule has 0 radical (unpaired) electrons. The summed E-state index contributed by atoms with van der Waals surface area (Å²) in [4.78, 5) is 39.6. The quantitative estimate of drug-likeness (QED) is 0.0350. The molecule has 0 amide bonds. The fraction of sp³-hybridized carbons (Fsp3) is 0.775. The second-order valence-corrected chi connectivity index (χ2v) is 13.7. The van der Waals surface area contributed by atoms with Crippen molar-refractivity contribution in [3.8, 4) is 0 Å². The lowest BCUT2D eigenvalue weighted by atomic mass is 10.0. The maximum atomic E-state index is 12.5. The van der Waals surface area contributed by atoms with E-state index in [1.165, 1.54) is 25.7 Å². The van der Waals surface area contributed by atoms with Crippen LogP contribution in [0.1, 0.15) is 143 Å². The molecule has 2 unspecified atom stereocenters. The molecule has 1 saturated heterocycles. The van der Waals surface area contributed by atoms with E-state index in [0.29, 0.717) is 24.8 Å². The monoisotopic (exact) mass is 676 g/mol. The molecule has 0 aromatic heterocycles. The molecular weight excluding hydrogens is 606 g/mol. The molecule has 0 bridgehead atoms. The molecule has 1 rings (SSSR count). The van der Waals surface area contributed by atoms with Crippen LogP contribution in [0, 0.1) is 11.8 Å². The Morgan fingerprint density at radius 3 is 1.92 bits per heavy atom. The van der Waals surface area contributed by atoms with E-state index in [1.54, 1.807) is 0 Å². The number of carbonyl (C=O) groups excluding carboxylic acids is 3. The molecule has 0 aliphatic carbocycles. The molecule has 0 aromatic rings. The van der Waals surface area contributed by atoms with Crippen molar-refractivity contribution in [3.63, 3.8) is 0 Å². The van der Waals surface area contributed by atoms with Crippen LogP contribution in [0.15, 0.2) is 37.0 Å². The van der Waals surface area contributed by atoms with Crippen molar-refractivity contribution in [1.29, 1.82) is 0 Å². The van der Waals surface area contributed by atoms with E-state index in [9.17, 15) is 14.4 Å². The highest BCUT2D eigenvalue weighted by molar-refractivity contribution is 5.69. The number of piperidine rings is 1. The van der Waals surface area contributed by atoms with E-state index in [0.717, 1.165) is 90.1 Å². The van der Waals surface area contributed by atoms with Gasteiger partial charge in [0.25, 0.3) is 0 Å². The SMILES string of the molecule is C=CCC(C)CCCC(=O)OCC(COC(=O)CCCCCCC/C=C\C/C=C\CCCCC)COC(=O)OC1CCN(C(C)C)CC1. The first-order valence-corrected chi connectivity index (χ1v) is 19.0. The topological polar surface area (TPSA) is 91.4 Å². The zero-order chi connectivity index (χ0) is 35.2. The van der Waals surface area contributed by atoms with E-state index in [2.05, 4.69) is 63.5 Å². The van der Waals surface area contributed by atoms with Crippen LogP contribution >= 0.6 is 0 Å². The lowest BCUT2D eigenvalue weighted by molar-refractivity contribution is -0.150. The molecule has 48 heavy (non-hydrogen) atoms. The third kappa shape index (κ3) is 24.5. The standard InChI is InChI=1S/C40H69NO7/c1-6-8-9-10-11-12-13-14-15-16-17-18-19-20-21-25-38(42)45-31-36(32-46-39(43)26-22-24-35(5)23-7-2)33-47-40(44)48-37-27-29-41(30-28-37)34(3)4/h7,11-12,14-15,34-37H,2,6,8-10,13,16-33H2,1,3-5H3/b12-11-,15-14-. The summed E-state index contributed by atoms with van der Waals surface area (Å²) in [6.07, 6.45) is 27.2. The van der Waals surface area contributed by atoms with Gasteiger partial charge in [-0.25, -0.2) is 4.79 Å². The van der Waals surface area contributed by atoms with Gasteiger partial charge in [-0.2, -0.15) is 0 Å².